The Balaban J connectivity index is 1.88. The van der Waals surface area contributed by atoms with Gasteiger partial charge >= 0.3 is 5.69 Å². The number of anilines is 2. The van der Waals surface area contributed by atoms with Crippen molar-refractivity contribution in [2.45, 2.75) is 47.6 Å². The molecule has 3 aromatic carbocycles. The zero-order valence-corrected chi connectivity index (χ0v) is 25.6. The minimum absolute atomic E-state index is 0.0115. The molecule has 0 heterocycles. The molecule has 0 saturated heterocycles. The van der Waals surface area contributed by atoms with E-state index < -0.39 is 22.6 Å². The first-order valence-corrected chi connectivity index (χ1v) is 14.2. The number of nitrogens with zero attached hydrogens (tertiary/aromatic N) is 1. The van der Waals surface area contributed by atoms with Crippen LogP contribution in [0.4, 0.5) is 17.1 Å². The molecule has 44 heavy (non-hydrogen) atoms. The van der Waals surface area contributed by atoms with Crippen molar-refractivity contribution >= 4 is 34.8 Å². The fraction of sp³-hybridized carbons (Fsp3) is 0.344. The molecule has 234 valence electrons. The van der Waals surface area contributed by atoms with Gasteiger partial charge in [-0.1, -0.05) is 27.7 Å². The average Bonchev–Trinajstić information content (AvgIpc) is 2.95. The molecule has 0 saturated carbocycles. The van der Waals surface area contributed by atoms with Crippen molar-refractivity contribution in [2.75, 3.05) is 23.8 Å². The van der Waals surface area contributed by atoms with Crippen molar-refractivity contribution in [2.24, 2.45) is 17.6 Å². The fourth-order valence-corrected chi connectivity index (χ4v) is 3.84. The maximum absolute atomic E-state index is 13.3. The monoisotopic (exact) mass is 606 g/mol. The summed E-state index contributed by atoms with van der Waals surface area (Å²) in [5.41, 5.74) is 6.40. The van der Waals surface area contributed by atoms with Crippen LogP contribution in [0, 0.1) is 22.0 Å². The molecule has 3 aromatic rings. The summed E-state index contributed by atoms with van der Waals surface area (Å²) >= 11 is 0. The lowest BCUT2D eigenvalue weighted by molar-refractivity contribution is -0.385. The summed E-state index contributed by atoms with van der Waals surface area (Å²) in [5.74, 6) is -0.834. The molecule has 3 amide bonds. The summed E-state index contributed by atoms with van der Waals surface area (Å²) < 4.78 is 17.3. The molecule has 0 spiro atoms. The third-order valence-electron chi connectivity index (χ3n) is 5.93. The van der Waals surface area contributed by atoms with Crippen molar-refractivity contribution in [1.82, 2.24) is 0 Å². The number of nitro groups is 1. The van der Waals surface area contributed by atoms with Crippen LogP contribution in [0.2, 0.25) is 0 Å². The molecule has 12 heteroatoms. The topological polar surface area (TPSA) is 172 Å². The normalized spacial score (nSPS) is 10.9. The lowest BCUT2D eigenvalue weighted by atomic mass is 10.1. The number of hydrogen-bond donors (Lipinski definition) is 3. The molecular formula is C32H38N4O8. The number of primary amides is 1. The highest BCUT2D eigenvalue weighted by molar-refractivity contribution is 6.08. The highest BCUT2D eigenvalue weighted by Crippen LogP contribution is 2.32. The number of carbonyl (C=O) groups is 3. The zero-order chi connectivity index (χ0) is 32.6. The first kappa shape index (κ1) is 33.4. The second-order valence-corrected chi connectivity index (χ2v) is 11.2. The number of rotatable bonds is 14. The number of nitro benzene ring substituents is 1. The molecule has 0 bridgehead atoms. The molecule has 0 aliphatic rings. The van der Waals surface area contributed by atoms with Crippen LogP contribution in [0.25, 0.3) is 0 Å². The number of nitrogens with two attached hydrogens (primary N) is 1. The van der Waals surface area contributed by atoms with Crippen molar-refractivity contribution in [3.8, 4) is 17.2 Å². The third kappa shape index (κ3) is 9.18. The summed E-state index contributed by atoms with van der Waals surface area (Å²) in [6, 6.07) is 12.9. The number of nitrogens with one attached hydrogen (secondary N) is 2. The largest absolute Gasteiger partial charge is 0.491 e. The van der Waals surface area contributed by atoms with Crippen molar-refractivity contribution < 1.29 is 33.5 Å². The number of hydrogen-bond acceptors (Lipinski definition) is 8. The van der Waals surface area contributed by atoms with Crippen LogP contribution in [0.3, 0.4) is 0 Å². The lowest BCUT2D eigenvalue weighted by Crippen LogP contribution is -2.18. The van der Waals surface area contributed by atoms with E-state index in [0.29, 0.717) is 18.0 Å². The quantitative estimate of drug-likeness (QED) is 0.147. The zero-order valence-electron chi connectivity index (χ0n) is 25.6. The van der Waals surface area contributed by atoms with E-state index in [4.69, 9.17) is 19.9 Å². The smallest absolute Gasteiger partial charge is 0.310 e. The SMILES string of the molecule is CC(C)COc1cc(C(N)=O)ccc1NC(=O)c1ccc(NC(=O)c2ccc([N+](=O)[O-])c(OCC(C)C)c2)c(OC(C)C)c1. The maximum atomic E-state index is 13.3. The van der Waals surface area contributed by atoms with Gasteiger partial charge in [-0.25, -0.2) is 0 Å². The van der Waals surface area contributed by atoms with Gasteiger partial charge in [-0.05, 0) is 68.1 Å². The van der Waals surface area contributed by atoms with Gasteiger partial charge < -0.3 is 30.6 Å². The van der Waals surface area contributed by atoms with Crippen LogP contribution < -0.4 is 30.6 Å². The van der Waals surface area contributed by atoms with Gasteiger partial charge in [0.25, 0.3) is 11.8 Å². The van der Waals surface area contributed by atoms with E-state index in [9.17, 15) is 24.5 Å². The molecule has 0 radical (unpaired) electrons. The summed E-state index contributed by atoms with van der Waals surface area (Å²) in [4.78, 5) is 49.0. The first-order chi connectivity index (χ1) is 20.7. The average molecular weight is 607 g/mol. The molecule has 3 rings (SSSR count). The Morgan fingerprint density at radius 1 is 0.727 bits per heavy atom. The summed E-state index contributed by atoms with van der Waals surface area (Å²) in [6.45, 7) is 11.9. The number of amides is 3. The fourth-order valence-electron chi connectivity index (χ4n) is 3.84. The van der Waals surface area contributed by atoms with Crippen molar-refractivity contribution in [3.63, 3.8) is 0 Å². The van der Waals surface area contributed by atoms with E-state index >= 15 is 0 Å². The van der Waals surface area contributed by atoms with Gasteiger partial charge in [0.15, 0.2) is 5.75 Å². The number of carbonyl (C=O) groups excluding carboxylic acids is 3. The van der Waals surface area contributed by atoms with Gasteiger partial charge in [0.2, 0.25) is 5.91 Å². The van der Waals surface area contributed by atoms with E-state index in [-0.39, 0.29) is 64.1 Å². The Hall–Kier alpha value is -5.13. The predicted octanol–water partition coefficient (Wildman–Crippen LogP) is 6.06. The summed E-state index contributed by atoms with van der Waals surface area (Å²) in [5, 5.41) is 17.0. The minimum Gasteiger partial charge on any atom is -0.491 e. The van der Waals surface area contributed by atoms with E-state index in [1.165, 1.54) is 54.6 Å². The van der Waals surface area contributed by atoms with Gasteiger partial charge in [-0.15, -0.1) is 0 Å². The summed E-state index contributed by atoms with van der Waals surface area (Å²) in [6.07, 6.45) is -0.295. The molecule has 0 fully saturated rings. The second-order valence-electron chi connectivity index (χ2n) is 11.2. The Labute approximate surface area is 256 Å². The van der Waals surface area contributed by atoms with E-state index in [1.807, 2.05) is 27.7 Å². The molecular weight excluding hydrogens is 568 g/mol. The summed E-state index contributed by atoms with van der Waals surface area (Å²) in [7, 11) is 0. The van der Waals surface area contributed by atoms with Crippen LogP contribution >= 0.6 is 0 Å². The van der Waals surface area contributed by atoms with Crippen LogP contribution in [-0.4, -0.2) is 42.0 Å². The molecule has 0 atom stereocenters. The highest BCUT2D eigenvalue weighted by Gasteiger charge is 2.21. The van der Waals surface area contributed by atoms with Crippen molar-refractivity contribution in [3.05, 3.63) is 81.4 Å². The van der Waals surface area contributed by atoms with Crippen LogP contribution in [0.5, 0.6) is 17.2 Å². The molecule has 0 unspecified atom stereocenters. The van der Waals surface area contributed by atoms with Gasteiger partial charge in [0, 0.05) is 28.8 Å². The Kier molecular flexibility index (Phi) is 11.3. The van der Waals surface area contributed by atoms with Gasteiger partial charge in [-0.2, -0.15) is 0 Å². The molecule has 4 N–H and O–H groups in total. The van der Waals surface area contributed by atoms with E-state index in [0.717, 1.165) is 0 Å². The Morgan fingerprint density at radius 3 is 1.68 bits per heavy atom. The second kappa shape index (κ2) is 14.9. The first-order valence-electron chi connectivity index (χ1n) is 14.2. The molecule has 12 nitrogen and oxygen atoms in total. The lowest BCUT2D eigenvalue weighted by Gasteiger charge is -2.18. The van der Waals surface area contributed by atoms with Gasteiger partial charge in [-0.3, -0.25) is 24.5 Å². The molecule has 0 aliphatic carbocycles. The van der Waals surface area contributed by atoms with E-state index in [1.54, 1.807) is 13.8 Å². The highest BCUT2D eigenvalue weighted by atomic mass is 16.6. The van der Waals surface area contributed by atoms with E-state index in [2.05, 4.69) is 10.6 Å². The predicted molar refractivity (Wildman–Crippen MR) is 167 cm³/mol. The number of ether oxygens (including phenoxy) is 3. The standard InChI is InChI=1S/C32H38N4O8/c1-18(2)16-42-27-13-21(30(33)37)7-10-24(27)34-31(38)22-8-11-25(28(14-22)44-20(5)6)35-32(39)23-9-12-26(36(40)41)29(15-23)43-17-19(3)4/h7-15,18-20H,16-17H2,1-6H3,(H2,33,37)(H,34,38)(H,35,39). The van der Waals surface area contributed by atoms with Crippen LogP contribution in [0.1, 0.15) is 72.6 Å². The van der Waals surface area contributed by atoms with Gasteiger partial charge in [0.05, 0.1) is 35.6 Å². The Bertz CT molecular complexity index is 1530. The Morgan fingerprint density at radius 2 is 1.18 bits per heavy atom. The minimum atomic E-state index is -0.626. The number of benzene rings is 3. The van der Waals surface area contributed by atoms with Crippen LogP contribution in [-0.2, 0) is 0 Å². The third-order valence-corrected chi connectivity index (χ3v) is 5.93. The van der Waals surface area contributed by atoms with Crippen molar-refractivity contribution in [1.29, 1.82) is 0 Å². The maximum Gasteiger partial charge on any atom is 0.310 e. The molecule has 0 aromatic heterocycles. The van der Waals surface area contributed by atoms with Crippen LogP contribution in [0.15, 0.2) is 54.6 Å². The molecule has 0 aliphatic heterocycles. The van der Waals surface area contributed by atoms with Gasteiger partial charge in [0.1, 0.15) is 11.5 Å².